The lowest BCUT2D eigenvalue weighted by Gasteiger charge is -2.33. The fourth-order valence-electron chi connectivity index (χ4n) is 2.20. The van der Waals surface area contributed by atoms with Gasteiger partial charge in [0.15, 0.2) is 0 Å². The van der Waals surface area contributed by atoms with Crippen LogP contribution in [-0.4, -0.2) is 54.5 Å². The van der Waals surface area contributed by atoms with Crippen LogP contribution in [0.15, 0.2) is 24.3 Å². The number of nitro benzene ring substituents is 1. The third-order valence-corrected chi connectivity index (χ3v) is 3.85. The number of hydrogen-bond donors (Lipinski definition) is 0. The largest absolute Gasteiger partial charge is 0.304 e. The molecule has 1 unspecified atom stereocenters. The second kappa shape index (κ2) is 6.32. The van der Waals surface area contributed by atoms with Crippen molar-refractivity contribution >= 4 is 17.3 Å². The molecule has 1 aliphatic heterocycles. The quantitative estimate of drug-likeness (QED) is 0.482. The second-order valence-electron chi connectivity index (χ2n) is 4.92. The Morgan fingerprint density at radius 3 is 2.68 bits per heavy atom. The van der Waals surface area contributed by atoms with Gasteiger partial charge in [0.1, 0.15) is 0 Å². The van der Waals surface area contributed by atoms with Crippen LogP contribution >= 0.6 is 11.6 Å². The molecule has 1 atom stereocenters. The fraction of sp³-hybridized carbons (Fsp3) is 0.538. The Morgan fingerprint density at radius 2 is 2.05 bits per heavy atom. The lowest BCUT2D eigenvalue weighted by atomic mass is 10.1. The van der Waals surface area contributed by atoms with Crippen LogP contribution in [0.25, 0.3) is 0 Å². The third kappa shape index (κ3) is 3.89. The van der Waals surface area contributed by atoms with Gasteiger partial charge in [0, 0.05) is 44.9 Å². The van der Waals surface area contributed by atoms with E-state index in [2.05, 4.69) is 16.8 Å². The first-order valence-electron chi connectivity index (χ1n) is 6.35. The molecule has 0 bridgehead atoms. The van der Waals surface area contributed by atoms with Gasteiger partial charge in [-0.25, -0.2) is 0 Å². The van der Waals surface area contributed by atoms with E-state index in [4.69, 9.17) is 11.6 Å². The van der Waals surface area contributed by atoms with Crippen molar-refractivity contribution in [2.24, 2.45) is 0 Å². The minimum atomic E-state index is -0.386. The highest BCUT2D eigenvalue weighted by Crippen LogP contribution is 2.25. The van der Waals surface area contributed by atoms with E-state index in [0.717, 1.165) is 38.3 Å². The van der Waals surface area contributed by atoms with Crippen molar-refractivity contribution in [3.05, 3.63) is 39.9 Å². The molecule has 2 rings (SSSR count). The number of piperazine rings is 1. The molecule has 5 nitrogen and oxygen atoms in total. The summed E-state index contributed by atoms with van der Waals surface area (Å²) in [4.78, 5) is 14.9. The number of halogens is 1. The van der Waals surface area contributed by atoms with Crippen molar-refractivity contribution in [2.45, 2.75) is 5.38 Å². The first-order valence-corrected chi connectivity index (χ1v) is 6.79. The highest BCUT2D eigenvalue weighted by molar-refractivity contribution is 6.21. The fourth-order valence-corrected chi connectivity index (χ4v) is 2.53. The molecule has 1 aromatic carbocycles. The van der Waals surface area contributed by atoms with Gasteiger partial charge in [-0.05, 0) is 12.6 Å². The average Bonchev–Trinajstić information content (AvgIpc) is 2.41. The number of likely N-dealkylation sites (N-methyl/N-ethyl adjacent to an activating group) is 1. The number of rotatable bonds is 4. The van der Waals surface area contributed by atoms with Gasteiger partial charge in [0.2, 0.25) is 0 Å². The van der Waals surface area contributed by atoms with E-state index >= 15 is 0 Å². The maximum Gasteiger partial charge on any atom is 0.269 e. The SMILES string of the molecule is CN1CCN(CC(Cl)c2cccc([N+](=O)[O-])c2)CC1. The third-order valence-electron chi connectivity index (χ3n) is 3.46. The molecule has 104 valence electrons. The Balaban J connectivity index is 1.97. The van der Waals surface area contributed by atoms with Gasteiger partial charge in [0.05, 0.1) is 10.3 Å². The Hall–Kier alpha value is -1.17. The van der Waals surface area contributed by atoms with E-state index in [1.54, 1.807) is 12.1 Å². The molecule has 1 aliphatic rings. The van der Waals surface area contributed by atoms with Gasteiger partial charge in [-0.2, -0.15) is 0 Å². The topological polar surface area (TPSA) is 49.6 Å². The van der Waals surface area contributed by atoms with E-state index in [-0.39, 0.29) is 16.0 Å². The number of nitro groups is 1. The highest BCUT2D eigenvalue weighted by atomic mass is 35.5. The van der Waals surface area contributed by atoms with E-state index < -0.39 is 0 Å². The first-order chi connectivity index (χ1) is 9.06. The Bertz CT molecular complexity index is 447. The molecule has 1 aromatic rings. The van der Waals surface area contributed by atoms with Crippen LogP contribution in [0.5, 0.6) is 0 Å². The van der Waals surface area contributed by atoms with Crippen LogP contribution in [0, 0.1) is 10.1 Å². The van der Waals surface area contributed by atoms with Crippen molar-refractivity contribution in [1.82, 2.24) is 9.80 Å². The average molecular weight is 284 g/mol. The summed E-state index contributed by atoms with van der Waals surface area (Å²) in [7, 11) is 2.11. The molecule has 0 radical (unpaired) electrons. The van der Waals surface area contributed by atoms with Crippen LogP contribution in [0.1, 0.15) is 10.9 Å². The van der Waals surface area contributed by atoms with Crippen molar-refractivity contribution in [3.63, 3.8) is 0 Å². The number of alkyl halides is 1. The first kappa shape index (κ1) is 14.2. The molecule has 6 heteroatoms. The molecule has 1 fully saturated rings. The Kier molecular flexibility index (Phi) is 4.74. The van der Waals surface area contributed by atoms with Crippen LogP contribution in [0.4, 0.5) is 5.69 Å². The van der Waals surface area contributed by atoms with Gasteiger partial charge in [0.25, 0.3) is 5.69 Å². The van der Waals surface area contributed by atoms with Gasteiger partial charge < -0.3 is 4.90 Å². The zero-order valence-corrected chi connectivity index (χ0v) is 11.7. The molecular weight excluding hydrogens is 266 g/mol. The van der Waals surface area contributed by atoms with E-state index in [9.17, 15) is 10.1 Å². The second-order valence-corrected chi connectivity index (χ2v) is 5.45. The molecule has 0 spiro atoms. The Labute approximate surface area is 117 Å². The van der Waals surface area contributed by atoms with Gasteiger partial charge >= 0.3 is 0 Å². The standard InChI is InChI=1S/C13H18ClN3O2/c1-15-5-7-16(8-6-15)10-13(14)11-3-2-4-12(9-11)17(18)19/h2-4,9,13H,5-8,10H2,1H3. The maximum absolute atomic E-state index is 10.7. The maximum atomic E-state index is 10.7. The van der Waals surface area contributed by atoms with Gasteiger partial charge in [-0.1, -0.05) is 12.1 Å². The number of nitrogens with zero attached hydrogens (tertiary/aromatic N) is 3. The zero-order valence-electron chi connectivity index (χ0n) is 11.0. The molecule has 0 aromatic heterocycles. The minimum absolute atomic E-state index is 0.0986. The van der Waals surface area contributed by atoms with Gasteiger partial charge in [-0.15, -0.1) is 11.6 Å². The zero-order chi connectivity index (χ0) is 13.8. The number of benzene rings is 1. The molecule has 19 heavy (non-hydrogen) atoms. The normalized spacial score (nSPS) is 19.3. The van der Waals surface area contributed by atoms with Crippen LogP contribution in [0.3, 0.4) is 0 Å². The summed E-state index contributed by atoms with van der Waals surface area (Å²) in [5.41, 5.74) is 0.913. The van der Waals surface area contributed by atoms with Gasteiger partial charge in [-0.3, -0.25) is 15.0 Å². The monoisotopic (exact) mass is 283 g/mol. The smallest absolute Gasteiger partial charge is 0.269 e. The van der Waals surface area contributed by atoms with Crippen LogP contribution < -0.4 is 0 Å². The predicted octanol–water partition coefficient (Wildman–Crippen LogP) is 2.12. The van der Waals surface area contributed by atoms with Crippen molar-refractivity contribution in [1.29, 1.82) is 0 Å². The predicted molar refractivity (Wildman–Crippen MR) is 75.6 cm³/mol. The molecule has 1 heterocycles. The molecule has 0 aliphatic carbocycles. The van der Waals surface area contributed by atoms with E-state index in [1.807, 2.05) is 6.07 Å². The molecule has 1 saturated heterocycles. The Morgan fingerprint density at radius 1 is 1.37 bits per heavy atom. The summed E-state index contributed by atoms with van der Waals surface area (Å²) in [6, 6.07) is 6.59. The summed E-state index contributed by atoms with van der Waals surface area (Å²) >= 11 is 6.37. The summed E-state index contributed by atoms with van der Waals surface area (Å²) in [6.07, 6.45) is 0. The summed E-state index contributed by atoms with van der Waals surface area (Å²) in [5, 5.41) is 10.5. The number of non-ortho nitro benzene ring substituents is 1. The summed E-state index contributed by atoms with van der Waals surface area (Å²) in [6.45, 7) is 4.80. The van der Waals surface area contributed by atoms with Crippen molar-refractivity contribution < 1.29 is 4.92 Å². The molecular formula is C13H18ClN3O2. The lowest BCUT2D eigenvalue weighted by molar-refractivity contribution is -0.384. The van der Waals surface area contributed by atoms with Crippen molar-refractivity contribution in [2.75, 3.05) is 39.8 Å². The number of hydrogen-bond acceptors (Lipinski definition) is 4. The molecule has 0 amide bonds. The summed E-state index contributed by atoms with van der Waals surface area (Å²) < 4.78 is 0. The molecule has 0 N–H and O–H groups in total. The highest BCUT2D eigenvalue weighted by Gasteiger charge is 2.19. The van der Waals surface area contributed by atoms with Crippen LogP contribution in [-0.2, 0) is 0 Å². The molecule has 0 saturated carbocycles. The van der Waals surface area contributed by atoms with Crippen molar-refractivity contribution in [3.8, 4) is 0 Å². The minimum Gasteiger partial charge on any atom is -0.304 e. The van der Waals surface area contributed by atoms with E-state index in [1.165, 1.54) is 6.07 Å². The van der Waals surface area contributed by atoms with E-state index in [0.29, 0.717) is 0 Å². The summed E-state index contributed by atoms with van der Waals surface area (Å²) in [5.74, 6) is 0. The van der Waals surface area contributed by atoms with Crippen LogP contribution in [0.2, 0.25) is 0 Å². The lowest BCUT2D eigenvalue weighted by Crippen LogP contribution is -2.45.